The van der Waals surface area contributed by atoms with Crippen LogP contribution in [0.4, 0.5) is 0 Å². The second-order valence-electron chi connectivity index (χ2n) is 3.19. The Morgan fingerprint density at radius 2 is 2.33 bits per heavy atom. The summed E-state index contributed by atoms with van der Waals surface area (Å²) in [6.45, 7) is 2.19. The standard InChI is InChI=1S/C11H12ClNOS/c1-8(4-5-14)15-11-3-2-10(12)6-9(11)7-13/h2-3,6,8,14H,4-5H2,1H3. The lowest BCUT2D eigenvalue weighted by atomic mass is 10.2. The van der Waals surface area contributed by atoms with Gasteiger partial charge in [-0.05, 0) is 24.6 Å². The van der Waals surface area contributed by atoms with Gasteiger partial charge in [-0.3, -0.25) is 0 Å². The first-order chi connectivity index (χ1) is 7.17. The molecule has 15 heavy (non-hydrogen) atoms. The van der Waals surface area contributed by atoms with E-state index >= 15 is 0 Å². The monoisotopic (exact) mass is 241 g/mol. The summed E-state index contributed by atoms with van der Waals surface area (Å²) in [5.74, 6) is 0. The van der Waals surface area contributed by atoms with E-state index in [2.05, 4.69) is 6.07 Å². The molecule has 1 rings (SSSR count). The van der Waals surface area contributed by atoms with Gasteiger partial charge in [-0.25, -0.2) is 0 Å². The molecule has 1 aromatic rings. The van der Waals surface area contributed by atoms with E-state index in [1.54, 1.807) is 23.9 Å². The molecule has 0 amide bonds. The molecule has 0 saturated heterocycles. The largest absolute Gasteiger partial charge is 0.396 e. The van der Waals surface area contributed by atoms with E-state index in [-0.39, 0.29) is 6.61 Å². The molecule has 0 fully saturated rings. The zero-order chi connectivity index (χ0) is 11.3. The predicted octanol–water partition coefficient (Wildman–Crippen LogP) is 3.07. The topological polar surface area (TPSA) is 44.0 Å². The summed E-state index contributed by atoms with van der Waals surface area (Å²) in [6.07, 6.45) is 0.720. The molecule has 0 aliphatic heterocycles. The van der Waals surface area contributed by atoms with Gasteiger partial charge in [-0.2, -0.15) is 5.26 Å². The van der Waals surface area contributed by atoms with Crippen LogP contribution in [0.15, 0.2) is 23.1 Å². The number of rotatable bonds is 4. The van der Waals surface area contributed by atoms with Crippen molar-refractivity contribution >= 4 is 23.4 Å². The second-order valence-corrected chi connectivity index (χ2v) is 5.11. The molecular weight excluding hydrogens is 230 g/mol. The van der Waals surface area contributed by atoms with Crippen molar-refractivity contribution in [2.24, 2.45) is 0 Å². The van der Waals surface area contributed by atoms with E-state index in [1.165, 1.54) is 0 Å². The van der Waals surface area contributed by atoms with Gasteiger partial charge in [0.05, 0.1) is 5.56 Å². The average Bonchev–Trinajstić information content (AvgIpc) is 2.21. The Bertz CT molecular complexity index is 375. The number of aliphatic hydroxyl groups excluding tert-OH is 1. The molecule has 1 aromatic carbocycles. The van der Waals surface area contributed by atoms with E-state index in [0.29, 0.717) is 15.8 Å². The summed E-state index contributed by atoms with van der Waals surface area (Å²) in [5, 5.41) is 18.6. The van der Waals surface area contributed by atoms with Crippen molar-refractivity contribution in [2.45, 2.75) is 23.5 Å². The van der Waals surface area contributed by atoms with Gasteiger partial charge in [0.2, 0.25) is 0 Å². The van der Waals surface area contributed by atoms with Gasteiger partial charge in [0.1, 0.15) is 6.07 Å². The first kappa shape index (κ1) is 12.4. The van der Waals surface area contributed by atoms with Gasteiger partial charge < -0.3 is 5.11 Å². The number of benzene rings is 1. The smallest absolute Gasteiger partial charge is 0.100 e. The third kappa shape index (κ3) is 3.75. The molecule has 80 valence electrons. The fourth-order valence-electron chi connectivity index (χ4n) is 1.15. The van der Waals surface area contributed by atoms with Crippen LogP contribution in [0.25, 0.3) is 0 Å². The minimum Gasteiger partial charge on any atom is -0.396 e. The first-order valence-electron chi connectivity index (χ1n) is 4.64. The highest BCUT2D eigenvalue weighted by molar-refractivity contribution is 8.00. The van der Waals surface area contributed by atoms with Crippen LogP contribution in [0.5, 0.6) is 0 Å². The molecule has 0 radical (unpaired) electrons. The number of hydrogen-bond donors (Lipinski definition) is 1. The van der Waals surface area contributed by atoms with E-state index in [4.69, 9.17) is 22.0 Å². The SMILES string of the molecule is CC(CCO)Sc1ccc(Cl)cc1C#N. The maximum absolute atomic E-state index is 8.91. The number of nitrogens with zero attached hydrogens (tertiary/aromatic N) is 1. The van der Waals surface area contributed by atoms with Crippen molar-refractivity contribution in [1.82, 2.24) is 0 Å². The minimum atomic E-state index is 0.170. The molecule has 0 saturated carbocycles. The van der Waals surface area contributed by atoms with Crippen LogP contribution in [0.1, 0.15) is 18.9 Å². The third-order valence-corrected chi connectivity index (χ3v) is 3.41. The van der Waals surface area contributed by atoms with Gasteiger partial charge >= 0.3 is 0 Å². The summed E-state index contributed by atoms with van der Waals surface area (Å²) < 4.78 is 0. The maximum atomic E-state index is 8.91. The quantitative estimate of drug-likeness (QED) is 0.824. The van der Waals surface area contributed by atoms with Crippen molar-refractivity contribution in [2.75, 3.05) is 6.61 Å². The highest BCUT2D eigenvalue weighted by Crippen LogP contribution is 2.29. The number of nitriles is 1. The number of aliphatic hydroxyl groups is 1. The normalized spacial score (nSPS) is 12.1. The van der Waals surface area contributed by atoms with E-state index < -0.39 is 0 Å². The number of hydrogen-bond acceptors (Lipinski definition) is 3. The van der Waals surface area contributed by atoms with E-state index in [9.17, 15) is 0 Å². The van der Waals surface area contributed by atoms with Crippen molar-refractivity contribution < 1.29 is 5.11 Å². The fourth-order valence-corrected chi connectivity index (χ4v) is 2.36. The zero-order valence-electron chi connectivity index (χ0n) is 8.40. The Hall–Kier alpha value is -0.690. The van der Waals surface area contributed by atoms with Gasteiger partial charge in [0.25, 0.3) is 0 Å². The summed E-state index contributed by atoms with van der Waals surface area (Å²) in [4.78, 5) is 0.919. The average molecular weight is 242 g/mol. The molecule has 0 aliphatic carbocycles. The van der Waals surface area contributed by atoms with Crippen LogP contribution in [-0.4, -0.2) is 17.0 Å². The maximum Gasteiger partial charge on any atom is 0.100 e. The lowest BCUT2D eigenvalue weighted by Gasteiger charge is -2.10. The van der Waals surface area contributed by atoms with E-state index in [0.717, 1.165) is 11.3 Å². The third-order valence-electron chi connectivity index (χ3n) is 1.93. The highest BCUT2D eigenvalue weighted by atomic mass is 35.5. The van der Waals surface area contributed by atoms with Crippen molar-refractivity contribution in [3.63, 3.8) is 0 Å². The molecule has 1 atom stereocenters. The summed E-state index contributed by atoms with van der Waals surface area (Å²) in [7, 11) is 0. The highest BCUT2D eigenvalue weighted by Gasteiger charge is 2.08. The molecule has 1 N–H and O–H groups in total. The van der Waals surface area contributed by atoms with Crippen LogP contribution in [0, 0.1) is 11.3 Å². The van der Waals surface area contributed by atoms with Crippen molar-refractivity contribution in [3.05, 3.63) is 28.8 Å². The Morgan fingerprint density at radius 3 is 2.93 bits per heavy atom. The lowest BCUT2D eigenvalue weighted by Crippen LogP contribution is -1.99. The van der Waals surface area contributed by atoms with Crippen molar-refractivity contribution in [1.29, 1.82) is 5.26 Å². The summed E-state index contributed by atoms with van der Waals surface area (Å²) in [5.41, 5.74) is 0.595. The molecule has 0 bridgehead atoms. The molecule has 0 aliphatic rings. The van der Waals surface area contributed by atoms with E-state index in [1.807, 2.05) is 13.0 Å². The molecule has 0 spiro atoms. The van der Waals surface area contributed by atoms with Crippen molar-refractivity contribution in [3.8, 4) is 6.07 Å². The van der Waals surface area contributed by atoms with Crippen LogP contribution in [-0.2, 0) is 0 Å². The lowest BCUT2D eigenvalue weighted by molar-refractivity contribution is 0.289. The van der Waals surface area contributed by atoms with Crippen LogP contribution in [0.2, 0.25) is 5.02 Å². The summed E-state index contributed by atoms with van der Waals surface area (Å²) >= 11 is 7.38. The van der Waals surface area contributed by atoms with Gasteiger partial charge in [-0.15, -0.1) is 11.8 Å². The first-order valence-corrected chi connectivity index (χ1v) is 5.90. The Kier molecular flexibility index (Phi) is 4.97. The molecule has 0 heterocycles. The Morgan fingerprint density at radius 1 is 1.60 bits per heavy atom. The number of halogens is 1. The molecule has 2 nitrogen and oxygen atoms in total. The molecular formula is C11H12ClNOS. The molecule has 1 unspecified atom stereocenters. The summed E-state index contributed by atoms with van der Waals surface area (Å²) in [6, 6.07) is 7.40. The molecule has 4 heteroatoms. The Balaban J connectivity index is 2.81. The zero-order valence-corrected chi connectivity index (χ0v) is 9.98. The van der Waals surface area contributed by atoms with Crippen LogP contribution in [0.3, 0.4) is 0 Å². The van der Waals surface area contributed by atoms with Gasteiger partial charge in [-0.1, -0.05) is 18.5 Å². The van der Waals surface area contributed by atoms with Crippen LogP contribution < -0.4 is 0 Å². The van der Waals surface area contributed by atoms with Gasteiger partial charge in [0.15, 0.2) is 0 Å². The second kappa shape index (κ2) is 6.02. The predicted molar refractivity (Wildman–Crippen MR) is 63.2 cm³/mol. The molecule has 0 aromatic heterocycles. The minimum absolute atomic E-state index is 0.170. The van der Waals surface area contributed by atoms with Crippen LogP contribution >= 0.6 is 23.4 Å². The van der Waals surface area contributed by atoms with Gasteiger partial charge in [0, 0.05) is 21.8 Å². The Labute approximate surface area is 98.9 Å². The number of thioether (sulfide) groups is 1. The fraction of sp³-hybridized carbons (Fsp3) is 0.364.